The predicted octanol–water partition coefficient (Wildman–Crippen LogP) is 2.87. The summed E-state index contributed by atoms with van der Waals surface area (Å²) in [5.41, 5.74) is 0. The van der Waals surface area contributed by atoms with Crippen LogP contribution in [0.15, 0.2) is 12.2 Å². The Kier molecular flexibility index (Phi) is 4.44. The van der Waals surface area contributed by atoms with Gasteiger partial charge in [-0.05, 0) is 6.42 Å². The Balaban J connectivity index is 2.17. The zero-order valence-electron chi connectivity index (χ0n) is 8.91. The van der Waals surface area contributed by atoms with E-state index in [-0.39, 0.29) is 17.1 Å². The minimum Gasteiger partial charge on any atom is -0.296 e. The molecule has 3 atom stereocenters. The molecule has 1 fully saturated rings. The lowest BCUT2D eigenvalue weighted by atomic mass is 9.85. The summed E-state index contributed by atoms with van der Waals surface area (Å²) < 4.78 is -1.41. The Morgan fingerprint density at radius 1 is 1.33 bits per heavy atom. The average molecular weight is 349 g/mol. The van der Waals surface area contributed by atoms with Crippen LogP contribution in [0.1, 0.15) is 6.42 Å². The van der Waals surface area contributed by atoms with Gasteiger partial charge in [0.2, 0.25) is 11.8 Å². The third-order valence-corrected chi connectivity index (χ3v) is 6.58. The molecule has 100 valence electrons. The van der Waals surface area contributed by atoms with E-state index in [0.29, 0.717) is 6.42 Å². The molecule has 2 rings (SSSR count). The van der Waals surface area contributed by atoms with Gasteiger partial charge in [-0.25, -0.2) is 0 Å². The van der Waals surface area contributed by atoms with Crippen molar-refractivity contribution in [3.05, 3.63) is 12.2 Å². The highest BCUT2D eigenvalue weighted by molar-refractivity contribution is 8.04. The maximum absolute atomic E-state index is 11.8. The van der Waals surface area contributed by atoms with Crippen molar-refractivity contribution in [2.24, 2.45) is 11.8 Å². The number of thioether (sulfide) groups is 1. The number of hydrogen-bond acceptors (Lipinski definition) is 3. The summed E-state index contributed by atoms with van der Waals surface area (Å²) in [4.78, 5) is 22.3. The highest BCUT2D eigenvalue weighted by atomic mass is 35.5. The number of carbonyl (C=O) groups excluding carboxylic acids is 2. The minimum absolute atomic E-state index is 0.221. The molecule has 0 spiro atoms. The second-order valence-corrected chi connectivity index (χ2v) is 8.50. The van der Waals surface area contributed by atoms with Gasteiger partial charge < -0.3 is 0 Å². The molecule has 2 aliphatic rings. The van der Waals surface area contributed by atoms with Crippen LogP contribution in [-0.4, -0.2) is 25.6 Å². The zero-order chi connectivity index (χ0) is 13.5. The fourth-order valence-electron chi connectivity index (χ4n) is 2.10. The first-order chi connectivity index (χ1) is 8.33. The van der Waals surface area contributed by atoms with Crippen LogP contribution >= 0.6 is 58.2 Å². The molecular formula is C10H9Cl4NO2S. The van der Waals surface area contributed by atoms with E-state index in [1.165, 1.54) is 0 Å². The number of fused-ring (bicyclic) bond motifs is 1. The number of nitrogens with one attached hydrogen (secondary N) is 1. The fraction of sp³-hybridized carbons (Fsp3) is 0.600. The lowest BCUT2D eigenvalue weighted by Gasteiger charge is -2.31. The third kappa shape index (κ3) is 2.78. The summed E-state index contributed by atoms with van der Waals surface area (Å²) in [6, 6.07) is 0. The van der Waals surface area contributed by atoms with Crippen molar-refractivity contribution in [1.29, 1.82) is 0 Å². The molecule has 0 aromatic heterocycles. The van der Waals surface area contributed by atoms with Crippen LogP contribution in [0.3, 0.4) is 0 Å². The van der Waals surface area contributed by atoms with Crippen LogP contribution in [0.5, 0.6) is 0 Å². The zero-order valence-corrected chi connectivity index (χ0v) is 12.7. The van der Waals surface area contributed by atoms with Gasteiger partial charge in [-0.3, -0.25) is 14.9 Å². The Morgan fingerprint density at radius 3 is 2.61 bits per heavy atom. The molecule has 2 amide bonds. The van der Waals surface area contributed by atoms with Crippen molar-refractivity contribution in [3.63, 3.8) is 0 Å². The van der Waals surface area contributed by atoms with Crippen molar-refractivity contribution in [2.75, 3.05) is 0 Å². The molecule has 0 aromatic carbocycles. The van der Waals surface area contributed by atoms with Gasteiger partial charge in [-0.15, -0.1) is 35.0 Å². The number of alkyl halides is 4. The molecule has 1 aliphatic carbocycles. The summed E-state index contributed by atoms with van der Waals surface area (Å²) in [5, 5.41) is 2.09. The average Bonchev–Trinajstić information content (AvgIpc) is 2.55. The second-order valence-electron chi connectivity index (χ2n) is 4.09. The molecule has 1 saturated heterocycles. The summed E-state index contributed by atoms with van der Waals surface area (Å²) in [6.07, 6.45) is 4.18. The normalized spacial score (nSPS) is 31.7. The molecule has 0 aromatic rings. The van der Waals surface area contributed by atoms with Crippen molar-refractivity contribution in [2.45, 2.75) is 20.2 Å². The van der Waals surface area contributed by atoms with Crippen LogP contribution < -0.4 is 5.32 Å². The standard InChI is InChI=1S/C10H9Cl4NO2S/c11-9(12)10(13,14)18-5-3-1-2-4-6(5)8(17)15-7(4)16/h1-2,4-6,9H,3H2,(H,15,16,17). The number of imide groups is 1. The third-order valence-electron chi connectivity index (χ3n) is 2.91. The number of carbonyl (C=O) groups is 2. The number of rotatable bonds is 3. The van der Waals surface area contributed by atoms with Crippen molar-refractivity contribution in [3.8, 4) is 0 Å². The van der Waals surface area contributed by atoms with E-state index < -0.39 is 20.3 Å². The molecule has 18 heavy (non-hydrogen) atoms. The van der Waals surface area contributed by atoms with Crippen molar-refractivity contribution >= 4 is 70.0 Å². The quantitative estimate of drug-likeness (QED) is 0.484. The second kappa shape index (κ2) is 5.41. The predicted molar refractivity (Wildman–Crippen MR) is 75.2 cm³/mol. The first kappa shape index (κ1) is 14.8. The Labute approximate surface area is 129 Å². The smallest absolute Gasteiger partial charge is 0.234 e. The van der Waals surface area contributed by atoms with Gasteiger partial charge >= 0.3 is 0 Å². The number of hydrogen-bond donors (Lipinski definition) is 1. The Hall–Kier alpha value is 0.390. The first-order valence-corrected chi connectivity index (χ1v) is 7.69. The van der Waals surface area contributed by atoms with Gasteiger partial charge in [0.25, 0.3) is 0 Å². The molecule has 1 heterocycles. The molecule has 0 bridgehead atoms. The van der Waals surface area contributed by atoms with Crippen LogP contribution in [0.25, 0.3) is 0 Å². The topological polar surface area (TPSA) is 46.2 Å². The molecule has 3 nitrogen and oxygen atoms in total. The van der Waals surface area contributed by atoms with Crippen LogP contribution in [0, 0.1) is 11.8 Å². The van der Waals surface area contributed by atoms with Gasteiger partial charge in [0.15, 0.2) is 3.67 Å². The van der Waals surface area contributed by atoms with E-state index in [4.69, 9.17) is 46.4 Å². The van der Waals surface area contributed by atoms with E-state index in [2.05, 4.69) is 5.32 Å². The summed E-state index contributed by atoms with van der Waals surface area (Å²) >= 11 is 24.5. The molecular weight excluding hydrogens is 340 g/mol. The van der Waals surface area contributed by atoms with Crippen molar-refractivity contribution < 1.29 is 9.59 Å². The van der Waals surface area contributed by atoms with Gasteiger partial charge in [-0.2, -0.15) is 0 Å². The summed E-state index contributed by atoms with van der Waals surface area (Å²) in [5.74, 6) is -1.49. The lowest BCUT2D eigenvalue weighted by Crippen LogP contribution is -2.34. The Bertz CT molecular complexity index is 413. The van der Waals surface area contributed by atoms with Gasteiger partial charge in [0.05, 0.1) is 11.8 Å². The molecule has 1 aliphatic heterocycles. The monoisotopic (exact) mass is 347 g/mol. The van der Waals surface area contributed by atoms with E-state index in [1.807, 2.05) is 6.08 Å². The highest BCUT2D eigenvalue weighted by Crippen LogP contribution is 2.49. The lowest BCUT2D eigenvalue weighted by molar-refractivity contribution is -0.125. The van der Waals surface area contributed by atoms with Gasteiger partial charge in [0.1, 0.15) is 4.84 Å². The molecule has 1 N–H and O–H groups in total. The van der Waals surface area contributed by atoms with Crippen LogP contribution in [0.2, 0.25) is 0 Å². The SMILES string of the molecule is O=C1NC(=O)C2C(SC(Cl)(Cl)C(Cl)Cl)CC=CC12. The highest BCUT2D eigenvalue weighted by Gasteiger charge is 2.49. The van der Waals surface area contributed by atoms with Crippen molar-refractivity contribution in [1.82, 2.24) is 5.32 Å². The van der Waals surface area contributed by atoms with E-state index in [1.54, 1.807) is 6.08 Å². The molecule has 8 heteroatoms. The molecule has 0 radical (unpaired) electrons. The van der Waals surface area contributed by atoms with Gasteiger partial charge in [0, 0.05) is 5.25 Å². The largest absolute Gasteiger partial charge is 0.296 e. The summed E-state index contributed by atoms with van der Waals surface area (Å²) in [7, 11) is 0. The number of allylic oxidation sites excluding steroid dienone is 1. The fourth-order valence-corrected chi connectivity index (χ4v) is 4.25. The van der Waals surface area contributed by atoms with E-state index in [9.17, 15) is 9.59 Å². The van der Waals surface area contributed by atoms with Gasteiger partial charge in [-0.1, -0.05) is 35.4 Å². The van der Waals surface area contributed by atoms with Crippen LogP contribution in [-0.2, 0) is 9.59 Å². The first-order valence-electron chi connectivity index (χ1n) is 5.18. The summed E-state index contributed by atoms with van der Waals surface area (Å²) in [6.45, 7) is 0. The number of halogens is 4. The van der Waals surface area contributed by atoms with E-state index in [0.717, 1.165) is 11.8 Å². The molecule has 0 saturated carbocycles. The molecule has 3 unspecified atom stereocenters. The Morgan fingerprint density at radius 2 is 2.00 bits per heavy atom. The maximum atomic E-state index is 11.8. The van der Waals surface area contributed by atoms with E-state index >= 15 is 0 Å². The minimum atomic E-state index is -1.41. The van der Waals surface area contributed by atoms with Crippen LogP contribution in [0.4, 0.5) is 0 Å². The maximum Gasteiger partial charge on any atom is 0.234 e. The number of amides is 2.